The summed E-state index contributed by atoms with van der Waals surface area (Å²) in [6.07, 6.45) is -0.373. The Bertz CT molecular complexity index is 456. The average Bonchev–Trinajstić information content (AvgIpc) is 2.94. The molecule has 1 aromatic rings. The Morgan fingerprint density at radius 1 is 1.43 bits per heavy atom. The standard InChI is InChI=1S/C14H23F3N4/c1-3-13-12(9-20(2)19-13)7-18-6-11-4-5-21(8-11)10-14(15,16)17/h9,11,18H,3-8,10H2,1-2H3. The number of halogens is 3. The summed E-state index contributed by atoms with van der Waals surface area (Å²) < 4.78 is 38.8. The first-order valence-corrected chi connectivity index (χ1v) is 7.38. The van der Waals surface area contributed by atoms with Gasteiger partial charge in [-0.05, 0) is 31.8 Å². The molecule has 0 radical (unpaired) electrons. The summed E-state index contributed by atoms with van der Waals surface area (Å²) in [6, 6.07) is 0. The largest absolute Gasteiger partial charge is 0.401 e. The van der Waals surface area contributed by atoms with E-state index < -0.39 is 12.7 Å². The molecule has 1 atom stereocenters. The van der Waals surface area contributed by atoms with Crippen LogP contribution in [0.15, 0.2) is 6.20 Å². The quantitative estimate of drug-likeness (QED) is 0.872. The minimum atomic E-state index is -4.09. The molecule has 0 aromatic carbocycles. The Balaban J connectivity index is 1.72. The molecule has 1 fully saturated rings. The third kappa shape index (κ3) is 5.00. The van der Waals surface area contributed by atoms with Crippen molar-refractivity contribution in [2.75, 3.05) is 26.2 Å². The molecular formula is C14H23F3N4. The summed E-state index contributed by atoms with van der Waals surface area (Å²) in [5.41, 5.74) is 2.25. The van der Waals surface area contributed by atoms with Gasteiger partial charge in [0.15, 0.2) is 0 Å². The van der Waals surface area contributed by atoms with Crippen molar-refractivity contribution >= 4 is 0 Å². The fourth-order valence-electron chi connectivity index (χ4n) is 2.92. The summed E-state index contributed by atoms with van der Waals surface area (Å²) in [5, 5.41) is 7.73. The normalized spacial score (nSPS) is 20.3. The molecule has 0 bridgehead atoms. The van der Waals surface area contributed by atoms with Crippen LogP contribution in [0.2, 0.25) is 0 Å². The highest BCUT2D eigenvalue weighted by Crippen LogP contribution is 2.22. The third-order valence-electron chi connectivity index (χ3n) is 3.85. The van der Waals surface area contributed by atoms with Crippen molar-refractivity contribution in [2.24, 2.45) is 13.0 Å². The van der Waals surface area contributed by atoms with Gasteiger partial charge in [-0.2, -0.15) is 18.3 Å². The molecule has 1 N–H and O–H groups in total. The molecule has 21 heavy (non-hydrogen) atoms. The minimum absolute atomic E-state index is 0.300. The monoisotopic (exact) mass is 304 g/mol. The molecule has 0 spiro atoms. The van der Waals surface area contributed by atoms with Crippen molar-refractivity contribution in [3.63, 3.8) is 0 Å². The molecule has 0 aliphatic carbocycles. The molecule has 1 unspecified atom stereocenters. The zero-order chi connectivity index (χ0) is 15.5. The van der Waals surface area contributed by atoms with Crippen molar-refractivity contribution in [3.05, 3.63) is 17.5 Å². The van der Waals surface area contributed by atoms with Crippen LogP contribution < -0.4 is 5.32 Å². The van der Waals surface area contributed by atoms with E-state index in [1.54, 1.807) is 4.68 Å². The van der Waals surface area contributed by atoms with Crippen LogP contribution in [0.1, 0.15) is 24.6 Å². The van der Waals surface area contributed by atoms with E-state index in [1.807, 2.05) is 13.2 Å². The Morgan fingerprint density at radius 3 is 2.86 bits per heavy atom. The van der Waals surface area contributed by atoms with Gasteiger partial charge in [-0.3, -0.25) is 9.58 Å². The molecule has 1 saturated heterocycles. The average molecular weight is 304 g/mol. The number of hydrogen-bond acceptors (Lipinski definition) is 3. The molecule has 4 nitrogen and oxygen atoms in total. The van der Waals surface area contributed by atoms with Gasteiger partial charge in [-0.1, -0.05) is 6.92 Å². The van der Waals surface area contributed by atoms with E-state index in [4.69, 9.17) is 0 Å². The van der Waals surface area contributed by atoms with Gasteiger partial charge in [0.25, 0.3) is 0 Å². The number of nitrogens with zero attached hydrogens (tertiary/aromatic N) is 3. The molecule has 0 saturated carbocycles. The van der Waals surface area contributed by atoms with E-state index in [1.165, 1.54) is 10.5 Å². The van der Waals surface area contributed by atoms with Crippen LogP contribution >= 0.6 is 0 Å². The Hall–Kier alpha value is -1.08. The van der Waals surface area contributed by atoms with E-state index in [9.17, 15) is 13.2 Å². The highest BCUT2D eigenvalue weighted by atomic mass is 19.4. The van der Waals surface area contributed by atoms with E-state index in [-0.39, 0.29) is 0 Å². The molecule has 120 valence electrons. The Morgan fingerprint density at radius 2 is 2.19 bits per heavy atom. The lowest BCUT2D eigenvalue weighted by atomic mass is 10.1. The molecule has 1 aromatic heterocycles. The van der Waals surface area contributed by atoms with Gasteiger partial charge in [-0.25, -0.2) is 0 Å². The SMILES string of the molecule is CCc1nn(C)cc1CNCC1CCN(CC(F)(F)F)C1. The summed E-state index contributed by atoms with van der Waals surface area (Å²) in [4.78, 5) is 1.49. The van der Waals surface area contributed by atoms with E-state index in [0.29, 0.717) is 19.0 Å². The van der Waals surface area contributed by atoms with Crippen LogP contribution in [0.5, 0.6) is 0 Å². The predicted octanol–water partition coefficient (Wildman–Crippen LogP) is 1.96. The molecule has 2 rings (SSSR count). The molecule has 2 heterocycles. The zero-order valence-electron chi connectivity index (χ0n) is 12.6. The number of hydrogen-bond donors (Lipinski definition) is 1. The molecular weight excluding hydrogens is 281 g/mol. The van der Waals surface area contributed by atoms with E-state index in [2.05, 4.69) is 17.3 Å². The second kappa shape index (κ2) is 6.79. The van der Waals surface area contributed by atoms with Gasteiger partial charge in [0, 0.05) is 31.9 Å². The third-order valence-corrected chi connectivity index (χ3v) is 3.85. The van der Waals surface area contributed by atoms with Crippen LogP contribution in [0, 0.1) is 5.92 Å². The first-order chi connectivity index (χ1) is 9.87. The van der Waals surface area contributed by atoms with E-state index in [0.717, 1.165) is 31.6 Å². The van der Waals surface area contributed by atoms with Crippen LogP contribution in [0.4, 0.5) is 13.2 Å². The number of alkyl halides is 3. The first-order valence-electron chi connectivity index (χ1n) is 7.38. The van der Waals surface area contributed by atoms with Gasteiger partial charge in [0.2, 0.25) is 0 Å². The van der Waals surface area contributed by atoms with Crippen molar-refractivity contribution < 1.29 is 13.2 Å². The minimum Gasteiger partial charge on any atom is -0.312 e. The second-order valence-corrected chi connectivity index (χ2v) is 5.76. The summed E-state index contributed by atoms with van der Waals surface area (Å²) in [7, 11) is 1.90. The number of likely N-dealkylation sites (tertiary alicyclic amines) is 1. The summed E-state index contributed by atoms with van der Waals surface area (Å²) in [6.45, 7) is 3.84. The van der Waals surface area contributed by atoms with Crippen molar-refractivity contribution in [2.45, 2.75) is 32.5 Å². The maximum absolute atomic E-state index is 12.3. The van der Waals surface area contributed by atoms with Gasteiger partial charge < -0.3 is 5.32 Å². The summed E-state index contributed by atoms with van der Waals surface area (Å²) in [5.74, 6) is 0.300. The van der Waals surface area contributed by atoms with Crippen LogP contribution in [-0.2, 0) is 20.0 Å². The van der Waals surface area contributed by atoms with Crippen LogP contribution in [0.25, 0.3) is 0 Å². The molecule has 1 aliphatic heterocycles. The highest BCUT2D eigenvalue weighted by molar-refractivity contribution is 5.16. The topological polar surface area (TPSA) is 33.1 Å². The van der Waals surface area contributed by atoms with Gasteiger partial charge in [0.05, 0.1) is 12.2 Å². The molecule has 7 heteroatoms. The Kier molecular flexibility index (Phi) is 5.27. The number of rotatable bonds is 6. The number of aromatic nitrogens is 2. The fourth-order valence-corrected chi connectivity index (χ4v) is 2.92. The fraction of sp³-hybridized carbons (Fsp3) is 0.786. The first kappa shape index (κ1) is 16.3. The lowest BCUT2D eigenvalue weighted by Crippen LogP contribution is -2.33. The lowest BCUT2D eigenvalue weighted by molar-refractivity contribution is -0.143. The molecule has 1 aliphatic rings. The maximum atomic E-state index is 12.3. The predicted molar refractivity (Wildman–Crippen MR) is 74.9 cm³/mol. The lowest BCUT2D eigenvalue weighted by Gasteiger charge is -2.18. The number of nitrogens with one attached hydrogen (secondary N) is 1. The van der Waals surface area contributed by atoms with Crippen molar-refractivity contribution in [1.82, 2.24) is 20.0 Å². The summed E-state index contributed by atoms with van der Waals surface area (Å²) >= 11 is 0. The van der Waals surface area contributed by atoms with Crippen LogP contribution in [-0.4, -0.2) is 47.0 Å². The van der Waals surface area contributed by atoms with Gasteiger partial charge in [-0.15, -0.1) is 0 Å². The van der Waals surface area contributed by atoms with E-state index >= 15 is 0 Å². The van der Waals surface area contributed by atoms with Gasteiger partial charge >= 0.3 is 6.18 Å². The maximum Gasteiger partial charge on any atom is 0.401 e. The Labute approximate surface area is 123 Å². The zero-order valence-corrected chi connectivity index (χ0v) is 12.6. The smallest absolute Gasteiger partial charge is 0.312 e. The number of aryl methyl sites for hydroxylation is 2. The highest BCUT2D eigenvalue weighted by Gasteiger charge is 2.34. The second-order valence-electron chi connectivity index (χ2n) is 5.76. The van der Waals surface area contributed by atoms with Crippen molar-refractivity contribution in [1.29, 1.82) is 0 Å². The van der Waals surface area contributed by atoms with Crippen molar-refractivity contribution in [3.8, 4) is 0 Å². The molecule has 0 amide bonds. The van der Waals surface area contributed by atoms with Gasteiger partial charge in [0.1, 0.15) is 0 Å². The van der Waals surface area contributed by atoms with Crippen LogP contribution in [0.3, 0.4) is 0 Å².